The second kappa shape index (κ2) is 3.78. The highest BCUT2D eigenvalue weighted by Gasteiger charge is 2.38. The van der Waals surface area contributed by atoms with Crippen molar-refractivity contribution in [2.24, 2.45) is 22.5 Å². The second-order valence-electron chi connectivity index (χ2n) is 5.10. The van der Waals surface area contributed by atoms with Crippen LogP contribution in [0.1, 0.15) is 48.0 Å². The highest BCUT2D eigenvalue weighted by Crippen LogP contribution is 2.46. The summed E-state index contributed by atoms with van der Waals surface area (Å²) in [5.41, 5.74) is 6.42. The van der Waals surface area contributed by atoms with Gasteiger partial charge in [0.1, 0.15) is 0 Å². The molecule has 1 atom stereocenters. The quantitative estimate of drug-likeness (QED) is 0.691. The first-order valence-electron chi connectivity index (χ1n) is 4.99. The summed E-state index contributed by atoms with van der Waals surface area (Å²) in [5.74, 6) is 0.590. The van der Waals surface area contributed by atoms with Gasteiger partial charge >= 0.3 is 0 Å². The summed E-state index contributed by atoms with van der Waals surface area (Å²) in [6, 6.07) is 0. The average molecular weight is 171 g/mol. The van der Waals surface area contributed by atoms with Gasteiger partial charge in [-0.15, -0.1) is 0 Å². The number of hydrogen-bond donors (Lipinski definition) is 1. The molecule has 1 heteroatoms. The molecule has 0 radical (unpaired) electrons. The molecule has 0 saturated carbocycles. The summed E-state index contributed by atoms with van der Waals surface area (Å²) in [5, 5.41) is 0. The Hall–Kier alpha value is -0.0400. The van der Waals surface area contributed by atoms with E-state index in [0.29, 0.717) is 16.7 Å². The molecule has 0 aromatic carbocycles. The molecule has 0 aliphatic carbocycles. The zero-order valence-electron chi connectivity index (χ0n) is 9.57. The minimum atomic E-state index is 0.330. The lowest BCUT2D eigenvalue weighted by molar-refractivity contribution is 0.0476. The van der Waals surface area contributed by atoms with Crippen LogP contribution in [-0.2, 0) is 0 Å². The Bertz CT molecular complexity index is 136. The Kier molecular flexibility index (Phi) is 3.77. The first-order chi connectivity index (χ1) is 5.29. The van der Waals surface area contributed by atoms with E-state index in [1.807, 2.05) is 0 Å². The van der Waals surface area contributed by atoms with Crippen molar-refractivity contribution in [2.75, 3.05) is 6.54 Å². The van der Waals surface area contributed by atoms with Gasteiger partial charge in [0, 0.05) is 0 Å². The van der Waals surface area contributed by atoms with Gasteiger partial charge in [-0.2, -0.15) is 0 Å². The topological polar surface area (TPSA) is 26.0 Å². The molecule has 0 bridgehead atoms. The van der Waals surface area contributed by atoms with E-state index in [4.69, 9.17) is 5.73 Å². The highest BCUT2D eigenvalue weighted by molar-refractivity contribution is 4.88. The predicted octanol–water partition coefficient (Wildman–Crippen LogP) is 3.04. The molecule has 74 valence electrons. The summed E-state index contributed by atoms with van der Waals surface area (Å²) in [6.45, 7) is 14.6. The van der Waals surface area contributed by atoms with Gasteiger partial charge in [-0.25, -0.2) is 0 Å². The molecule has 0 aliphatic heterocycles. The summed E-state index contributed by atoms with van der Waals surface area (Å²) < 4.78 is 0. The van der Waals surface area contributed by atoms with Crippen molar-refractivity contribution in [1.82, 2.24) is 0 Å². The molecule has 1 unspecified atom stereocenters. The first kappa shape index (κ1) is 12.0. The third kappa shape index (κ3) is 2.01. The van der Waals surface area contributed by atoms with E-state index in [2.05, 4.69) is 41.5 Å². The Morgan fingerprint density at radius 2 is 1.58 bits per heavy atom. The van der Waals surface area contributed by atoms with E-state index < -0.39 is 0 Å². The fraction of sp³-hybridized carbons (Fsp3) is 1.00. The fourth-order valence-electron chi connectivity index (χ4n) is 1.42. The predicted molar refractivity (Wildman–Crippen MR) is 56.1 cm³/mol. The normalized spacial score (nSPS) is 16.2. The molecule has 1 nitrogen and oxygen atoms in total. The van der Waals surface area contributed by atoms with Gasteiger partial charge in [0.25, 0.3) is 0 Å². The van der Waals surface area contributed by atoms with Crippen LogP contribution >= 0.6 is 0 Å². The van der Waals surface area contributed by atoms with Crippen molar-refractivity contribution in [3.05, 3.63) is 0 Å². The van der Waals surface area contributed by atoms with Gasteiger partial charge in [0.05, 0.1) is 0 Å². The lowest BCUT2D eigenvalue weighted by Crippen LogP contribution is -2.40. The molecule has 12 heavy (non-hydrogen) atoms. The molecule has 0 saturated heterocycles. The maximum atomic E-state index is 5.71. The lowest BCUT2D eigenvalue weighted by atomic mass is 9.60. The zero-order valence-corrected chi connectivity index (χ0v) is 9.57. The maximum absolute atomic E-state index is 5.71. The van der Waals surface area contributed by atoms with Crippen LogP contribution in [0.2, 0.25) is 0 Å². The monoisotopic (exact) mass is 171 g/mol. The number of rotatable bonds is 4. The molecular formula is C11H25N. The Balaban J connectivity index is 4.58. The van der Waals surface area contributed by atoms with Crippen LogP contribution in [0.5, 0.6) is 0 Å². The molecule has 2 N–H and O–H groups in total. The number of hydrogen-bond acceptors (Lipinski definition) is 1. The van der Waals surface area contributed by atoms with Crippen molar-refractivity contribution in [3.8, 4) is 0 Å². The van der Waals surface area contributed by atoms with Gasteiger partial charge in [-0.05, 0) is 23.3 Å². The van der Waals surface area contributed by atoms with Crippen LogP contribution < -0.4 is 5.73 Å². The van der Waals surface area contributed by atoms with Crippen molar-refractivity contribution >= 4 is 0 Å². The molecule has 0 rings (SSSR count). The van der Waals surface area contributed by atoms with E-state index in [9.17, 15) is 0 Å². The minimum Gasteiger partial charge on any atom is -0.330 e. The van der Waals surface area contributed by atoms with Crippen molar-refractivity contribution in [2.45, 2.75) is 48.0 Å². The summed E-state index contributed by atoms with van der Waals surface area (Å²) in [7, 11) is 0. The van der Waals surface area contributed by atoms with E-state index in [1.54, 1.807) is 0 Å². The van der Waals surface area contributed by atoms with Crippen molar-refractivity contribution < 1.29 is 0 Å². The van der Waals surface area contributed by atoms with Crippen molar-refractivity contribution in [3.63, 3.8) is 0 Å². The van der Waals surface area contributed by atoms with Crippen LogP contribution in [0.3, 0.4) is 0 Å². The SMILES string of the molecule is CCC(C)(C)C(C)(C)C(C)CN. The molecule has 0 spiro atoms. The molecular weight excluding hydrogens is 146 g/mol. The van der Waals surface area contributed by atoms with Gasteiger partial charge < -0.3 is 5.73 Å². The third-order valence-corrected chi connectivity index (χ3v) is 4.21. The number of nitrogens with two attached hydrogens (primary N) is 1. The van der Waals surface area contributed by atoms with Crippen LogP contribution in [0.4, 0.5) is 0 Å². The summed E-state index contributed by atoms with van der Waals surface area (Å²) >= 11 is 0. The van der Waals surface area contributed by atoms with Gasteiger partial charge in [-0.3, -0.25) is 0 Å². The Morgan fingerprint density at radius 3 is 1.83 bits per heavy atom. The zero-order chi connectivity index (χ0) is 9.99. The van der Waals surface area contributed by atoms with Gasteiger partial charge in [0.15, 0.2) is 0 Å². The molecule has 0 amide bonds. The smallest absolute Gasteiger partial charge is 0.00462 e. The largest absolute Gasteiger partial charge is 0.330 e. The second-order valence-corrected chi connectivity index (χ2v) is 5.10. The van der Waals surface area contributed by atoms with Crippen LogP contribution in [0, 0.1) is 16.7 Å². The van der Waals surface area contributed by atoms with E-state index in [0.717, 1.165) is 6.54 Å². The maximum Gasteiger partial charge on any atom is -0.00462 e. The van der Waals surface area contributed by atoms with Crippen LogP contribution in [0.25, 0.3) is 0 Å². The standard InChI is InChI=1S/C11H25N/c1-7-10(3,4)11(5,6)9(2)8-12/h9H,7-8,12H2,1-6H3. The molecule has 0 aliphatic rings. The van der Waals surface area contributed by atoms with Gasteiger partial charge in [0.2, 0.25) is 0 Å². The molecule has 0 fully saturated rings. The summed E-state index contributed by atoms with van der Waals surface area (Å²) in [6.07, 6.45) is 1.21. The Morgan fingerprint density at radius 1 is 1.17 bits per heavy atom. The minimum absolute atomic E-state index is 0.330. The average Bonchev–Trinajstić information content (AvgIpc) is 2.02. The Labute approximate surface area is 77.7 Å². The highest BCUT2D eigenvalue weighted by atomic mass is 14.6. The van der Waals surface area contributed by atoms with E-state index in [-0.39, 0.29) is 0 Å². The van der Waals surface area contributed by atoms with E-state index in [1.165, 1.54) is 6.42 Å². The van der Waals surface area contributed by atoms with Crippen LogP contribution in [0.15, 0.2) is 0 Å². The first-order valence-corrected chi connectivity index (χ1v) is 4.99. The molecule has 0 aromatic rings. The molecule has 0 aromatic heterocycles. The van der Waals surface area contributed by atoms with Crippen LogP contribution in [-0.4, -0.2) is 6.54 Å². The lowest BCUT2D eigenvalue weighted by Gasteiger charge is -2.45. The van der Waals surface area contributed by atoms with Crippen molar-refractivity contribution in [1.29, 1.82) is 0 Å². The molecule has 0 heterocycles. The third-order valence-electron chi connectivity index (χ3n) is 4.21. The summed E-state index contributed by atoms with van der Waals surface area (Å²) in [4.78, 5) is 0. The van der Waals surface area contributed by atoms with Gasteiger partial charge in [-0.1, -0.05) is 48.0 Å². The van der Waals surface area contributed by atoms with E-state index >= 15 is 0 Å². The fourth-order valence-corrected chi connectivity index (χ4v) is 1.42.